The van der Waals surface area contributed by atoms with Gasteiger partial charge in [0.2, 0.25) is 5.91 Å². The van der Waals surface area contributed by atoms with E-state index in [-0.39, 0.29) is 11.3 Å². The fourth-order valence-electron chi connectivity index (χ4n) is 1.98. The van der Waals surface area contributed by atoms with Gasteiger partial charge in [-0.25, -0.2) is 0 Å². The van der Waals surface area contributed by atoms with Crippen LogP contribution in [0.1, 0.15) is 27.2 Å². The van der Waals surface area contributed by atoms with Crippen LogP contribution in [-0.4, -0.2) is 16.8 Å². The summed E-state index contributed by atoms with van der Waals surface area (Å²) in [6.07, 6.45) is 2.67. The molecular weight excluding hydrogens is 138 g/mol. The Hall–Kier alpha value is -0.790. The van der Waals surface area contributed by atoms with E-state index in [9.17, 15) is 4.79 Å². The molecule has 2 nitrogen and oxygen atoms in total. The summed E-state index contributed by atoms with van der Waals surface area (Å²) in [5.41, 5.74) is 1.46. The maximum atomic E-state index is 11.2. The Morgan fingerprint density at radius 2 is 2.27 bits per heavy atom. The highest BCUT2D eigenvalue weighted by atomic mass is 16.2. The van der Waals surface area contributed by atoms with Gasteiger partial charge in [-0.05, 0) is 6.92 Å². The molecule has 0 spiro atoms. The molecule has 1 unspecified atom stereocenters. The quantitative estimate of drug-likeness (QED) is 0.514. The number of hydrogen-bond donors (Lipinski definition) is 0. The molecule has 1 saturated heterocycles. The first-order valence-corrected chi connectivity index (χ1v) is 4.08. The Balaban J connectivity index is 2.34. The van der Waals surface area contributed by atoms with E-state index in [0.29, 0.717) is 12.5 Å². The molecular formula is C9H13NO. The highest BCUT2D eigenvalue weighted by Gasteiger charge is 2.52. The number of fused-ring (bicyclic) bond motifs is 1. The van der Waals surface area contributed by atoms with Gasteiger partial charge in [-0.3, -0.25) is 4.79 Å². The SMILES string of the molecule is CC1N2C(=O)CC=C2C1(C)C. The van der Waals surface area contributed by atoms with Crippen molar-refractivity contribution in [2.24, 2.45) is 5.41 Å². The first-order valence-electron chi connectivity index (χ1n) is 4.08. The van der Waals surface area contributed by atoms with Crippen molar-refractivity contribution in [2.45, 2.75) is 33.2 Å². The summed E-state index contributed by atoms with van der Waals surface area (Å²) in [5, 5.41) is 0. The second-order valence-corrected chi connectivity index (χ2v) is 3.95. The van der Waals surface area contributed by atoms with Crippen molar-refractivity contribution in [2.75, 3.05) is 0 Å². The molecule has 0 aromatic heterocycles. The molecule has 2 rings (SSSR count). The summed E-state index contributed by atoms with van der Waals surface area (Å²) in [4.78, 5) is 13.1. The van der Waals surface area contributed by atoms with Gasteiger partial charge in [0.1, 0.15) is 0 Å². The lowest BCUT2D eigenvalue weighted by atomic mass is 9.73. The third kappa shape index (κ3) is 0.602. The summed E-state index contributed by atoms with van der Waals surface area (Å²) < 4.78 is 0. The van der Waals surface area contributed by atoms with Crippen LogP contribution in [0.3, 0.4) is 0 Å². The highest BCUT2D eigenvalue weighted by Crippen LogP contribution is 2.49. The topological polar surface area (TPSA) is 20.3 Å². The second-order valence-electron chi connectivity index (χ2n) is 3.95. The lowest BCUT2D eigenvalue weighted by molar-refractivity contribution is -0.137. The number of nitrogens with zero attached hydrogens (tertiary/aromatic N) is 1. The zero-order valence-corrected chi connectivity index (χ0v) is 7.22. The van der Waals surface area contributed by atoms with Crippen LogP contribution in [-0.2, 0) is 4.79 Å². The van der Waals surface area contributed by atoms with Crippen LogP contribution in [0.2, 0.25) is 0 Å². The van der Waals surface area contributed by atoms with Gasteiger partial charge in [-0.1, -0.05) is 19.9 Å². The van der Waals surface area contributed by atoms with Gasteiger partial charge in [0.05, 0.1) is 0 Å². The van der Waals surface area contributed by atoms with Gasteiger partial charge in [0, 0.05) is 23.6 Å². The van der Waals surface area contributed by atoms with Crippen LogP contribution in [0.25, 0.3) is 0 Å². The molecule has 0 aromatic carbocycles. The van der Waals surface area contributed by atoms with E-state index in [1.807, 2.05) is 4.90 Å². The molecule has 0 radical (unpaired) electrons. The van der Waals surface area contributed by atoms with E-state index >= 15 is 0 Å². The Kier molecular flexibility index (Phi) is 1.05. The fourth-order valence-corrected chi connectivity index (χ4v) is 1.98. The van der Waals surface area contributed by atoms with Crippen LogP contribution in [0.4, 0.5) is 0 Å². The van der Waals surface area contributed by atoms with Crippen molar-refractivity contribution in [3.8, 4) is 0 Å². The Labute approximate surface area is 66.9 Å². The van der Waals surface area contributed by atoms with Crippen LogP contribution in [0.15, 0.2) is 11.8 Å². The molecule has 2 aliphatic rings. The predicted octanol–water partition coefficient (Wildman–Crippen LogP) is 1.53. The van der Waals surface area contributed by atoms with Crippen molar-refractivity contribution in [1.29, 1.82) is 0 Å². The zero-order chi connectivity index (χ0) is 8.22. The van der Waals surface area contributed by atoms with Crippen molar-refractivity contribution >= 4 is 5.91 Å². The first kappa shape index (κ1) is 6.89. The molecule has 1 amide bonds. The molecule has 0 bridgehead atoms. The van der Waals surface area contributed by atoms with Gasteiger partial charge in [-0.15, -0.1) is 0 Å². The number of hydrogen-bond acceptors (Lipinski definition) is 1. The van der Waals surface area contributed by atoms with E-state index in [4.69, 9.17) is 0 Å². The summed E-state index contributed by atoms with van der Waals surface area (Å²) in [6.45, 7) is 6.50. The molecule has 1 atom stereocenters. The van der Waals surface area contributed by atoms with Crippen LogP contribution < -0.4 is 0 Å². The molecule has 0 N–H and O–H groups in total. The maximum Gasteiger partial charge on any atom is 0.230 e. The second kappa shape index (κ2) is 1.68. The average Bonchev–Trinajstić information content (AvgIpc) is 2.29. The molecule has 2 heteroatoms. The third-order valence-corrected chi connectivity index (χ3v) is 3.09. The number of amides is 1. The molecule has 2 heterocycles. The van der Waals surface area contributed by atoms with Gasteiger partial charge in [-0.2, -0.15) is 0 Å². The Morgan fingerprint density at radius 3 is 2.82 bits per heavy atom. The van der Waals surface area contributed by atoms with Crippen LogP contribution >= 0.6 is 0 Å². The van der Waals surface area contributed by atoms with Crippen LogP contribution in [0, 0.1) is 5.41 Å². The summed E-state index contributed by atoms with van der Waals surface area (Å²) in [6, 6.07) is 0.392. The number of carbonyl (C=O) groups is 1. The molecule has 1 fully saturated rings. The monoisotopic (exact) mass is 151 g/mol. The smallest absolute Gasteiger partial charge is 0.230 e. The van der Waals surface area contributed by atoms with Gasteiger partial charge >= 0.3 is 0 Å². The lowest BCUT2D eigenvalue weighted by Gasteiger charge is -2.52. The minimum Gasteiger partial charge on any atom is -0.312 e. The average molecular weight is 151 g/mol. The Morgan fingerprint density at radius 1 is 1.64 bits per heavy atom. The number of carbonyl (C=O) groups excluding carboxylic acids is 1. The van der Waals surface area contributed by atoms with Gasteiger partial charge < -0.3 is 4.90 Å². The molecule has 0 saturated carbocycles. The summed E-state index contributed by atoms with van der Waals surface area (Å²) in [5.74, 6) is 0.270. The van der Waals surface area contributed by atoms with Crippen molar-refractivity contribution < 1.29 is 4.79 Å². The van der Waals surface area contributed by atoms with Crippen molar-refractivity contribution in [3.63, 3.8) is 0 Å². The van der Waals surface area contributed by atoms with E-state index in [1.54, 1.807) is 0 Å². The molecule has 0 aliphatic carbocycles. The number of rotatable bonds is 0. The van der Waals surface area contributed by atoms with Crippen molar-refractivity contribution in [1.82, 2.24) is 4.90 Å². The van der Waals surface area contributed by atoms with Crippen molar-refractivity contribution in [3.05, 3.63) is 11.8 Å². The first-order chi connectivity index (χ1) is 5.05. The van der Waals surface area contributed by atoms with E-state index in [1.165, 1.54) is 5.70 Å². The minimum absolute atomic E-state index is 0.228. The van der Waals surface area contributed by atoms with E-state index < -0.39 is 0 Å². The van der Waals surface area contributed by atoms with Gasteiger partial charge in [0.15, 0.2) is 0 Å². The molecule has 60 valence electrons. The van der Waals surface area contributed by atoms with Gasteiger partial charge in [0.25, 0.3) is 0 Å². The fraction of sp³-hybridized carbons (Fsp3) is 0.667. The maximum absolute atomic E-state index is 11.2. The van der Waals surface area contributed by atoms with E-state index in [2.05, 4.69) is 26.8 Å². The Bertz CT molecular complexity index is 252. The molecule has 11 heavy (non-hydrogen) atoms. The largest absolute Gasteiger partial charge is 0.312 e. The zero-order valence-electron chi connectivity index (χ0n) is 7.22. The summed E-state index contributed by atoms with van der Waals surface area (Å²) in [7, 11) is 0. The highest BCUT2D eigenvalue weighted by molar-refractivity contribution is 5.85. The van der Waals surface area contributed by atoms with E-state index in [0.717, 1.165) is 0 Å². The third-order valence-electron chi connectivity index (χ3n) is 3.09. The lowest BCUT2D eigenvalue weighted by Crippen LogP contribution is -2.57. The minimum atomic E-state index is 0.228. The normalized spacial score (nSPS) is 33.0. The molecule has 0 aromatic rings. The summed E-state index contributed by atoms with van der Waals surface area (Å²) >= 11 is 0. The van der Waals surface area contributed by atoms with Crippen LogP contribution in [0.5, 0.6) is 0 Å². The molecule has 2 aliphatic heterocycles. The predicted molar refractivity (Wildman–Crippen MR) is 42.8 cm³/mol. The standard InChI is InChI=1S/C9H13NO/c1-6-9(2,3)7-4-5-8(11)10(6)7/h4,6H,5H2,1-3H3.